The van der Waals surface area contributed by atoms with Crippen LogP contribution in [-0.4, -0.2) is 36.5 Å². The maximum absolute atomic E-state index is 11.0. The van der Waals surface area contributed by atoms with Gasteiger partial charge in [0, 0.05) is 18.8 Å². The van der Waals surface area contributed by atoms with Crippen LogP contribution in [0.3, 0.4) is 0 Å². The van der Waals surface area contributed by atoms with Crippen LogP contribution in [-0.2, 0) is 4.79 Å². The lowest BCUT2D eigenvalue weighted by Crippen LogP contribution is -2.41. The van der Waals surface area contributed by atoms with Crippen molar-refractivity contribution >= 4 is 22.8 Å². The molecule has 1 unspecified atom stereocenters. The Hall–Kier alpha value is -0.710. The van der Waals surface area contributed by atoms with Gasteiger partial charge in [0.2, 0.25) is 5.91 Å². The Morgan fingerprint density at radius 1 is 1.73 bits per heavy atom. The van der Waals surface area contributed by atoms with Crippen LogP contribution in [0.5, 0.6) is 0 Å². The number of aliphatic imine (C=N–C) groups is 1. The van der Waals surface area contributed by atoms with Crippen molar-refractivity contribution in [1.82, 2.24) is 10.6 Å². The van der Waals surface area contributed by atoms with Crippen molar-refractivity contribution in [3.63, 3.8) is 0 Å². The molecular formula is C10H19N3OS. The van der Waals surface area contributed by atoms with E-state index in [0.717, 1.165) is 10.9 Å². The third-order valence-electron chi connectivity index (χ3n) is 2.43. The average molecular weight is 229 g/mol. The third-order valence-corrected chi connectivity index (χ3v) is 3.39. The molecule has 0 spiro atoms. The fraction of sp³-hybridized carbons (Fsp3) is 0.800. The summed E-state index contributed by atoms with van der Waals surface area (Å²) in [6.45, 7) is 4.62. The van der Waals surface area contributed by atoms with Crippen LogP contribution >= 0.6 is 11.8 Å². The van der Waals surface area contributed by atoms with E-state index in [4.69, 9.17) is 0 Å². The van der Waals surface area contributed by atoms with Gasteiger partial charge >= 0.3 is 0 Å². The molecule has 15 heavy (non-hydrogen) atoms. The molecule has 0 aliphatic carbocycles. The van der Waals surface area contributed by atoms with Crippen LogP contribution in [0.15, 0.2) is 4.99 Å². The summed E-state index contributed by atoms with van der Waals surface area (Å²) in [6, 6.07) is 0.495. The van der Waals surface area contributed by atoms with E-state index in [0.29, 0.717) is 12.0 Å². The van der Waals surface area contributed by atoms with E-state index in [1.165, 1.54) is 6.42 Å². The van der Waals surface area contributed by atoms with Crippen molar-refractivity contribution < 1.29 is 4.79 Å². The van der Waals surface area contributed by atoms with Gasteiger partial charge in [0.25, 0.3) is 0 Å². The van der Waals surface area contributed by atoms with E-state index in [2.05, 4.69) is 29.5 Å². The fourth-order valence-electron chi connectivity index (χ4n) is 1.37. The van der Waals surface area contributed by atoms with Gasteiger partial charge in [0.1, 0.15) is 6.54 Å². The highest BCUT2D eigenvalue weighted by molar-refractivity contribution is 8.13. The SMILES string of the molecule is CNC(=O)CN=C1NC(C(C)C)CCS1. The average Bonchev–Trinajstić information content (AvgIpc) is 2.26. The first-order chi connectivity index (χ1) is 7.13. The Labute approximate surface area is 95.3 Å². The van der Waals surface area contributed by atoms with Crippen molar-refractivity contribution in [2.75, 3.05) is 19.3 Å². The number of carbonyl (C=O) groups excluding carboxylic acids is 1. The van der Waals surface area contributed by atoms with E-state index in [1.807, 2.05) is 0 Å². The third kappa shape index (κ3) is 4.11. The Kier molecular flexibility index (Phi) is 4.94. The van der Waals surface area contributed by atoms with Gasteiger partial charge in [-0.05, 0) is 12.3 Å². The number of carbonyl (C=O) groups is 1. The Balaban J connectivity index is 2.45. The van der Waals surface area contributed by atoms with Crippen molar-refractivity contribution in [2.24, 2.45) is 10.9 Å². The maximum atomic E-state index is 11.0. The maximum Gasteiger partial charge on any atom is 0.241 e. The Morgan fingerprint density at radius 2 is 2.47 bits per heavy atom. The van der Waals surface area contributed by atoms with Gasteiger partial charge in [-0.2, -0.15) is 0 Å². The van der Waals surface area contributed by atoms with Crippen LogP contribution in [0.25, 0.3) is 0 Å². The van der Waals surface area contributed by atoms with E-state index in [1.54, 1.807) is 18.8 Å². The summed E-state index contributed by atoms with van der Waals surface area (Å²) in [5.41, 5.74) is 0. The van der Waals surface area contributed by atoms with Crippen molar-refractivity contribution in [2.45, 2.75) is 26.3 Å². The molecule has 1 aliphatic rings. The first kappa shape index (κ1) is 12.4. The topological polar surface area (TPSA) is 53.5 Å². The van der Waals surface area contributed by atoms with Crippen LogP contribution < -0.4 is 10.6 Å². The standard InChI is InChI=1S/C10H19N3OS/c1-7(2)8-4-5-15-10(13-8)12-6-9(14)11-3/h7-8H,4-6H2,1-3H3,(H,11,14)(H,12,13). The predicted octanol–water partition coefficient (Wildman–Crippen LogP) is 0.839. The number of nitrogens with zero attached hydrogens (tertiary/aromatic N) is 1. The number of likely N-dealkylation sites (N-methyl/N-ethyl adjacent to an activating group) is 1. The lowest BCUT2D eigenvalue weighted by Gasteiger charge is -2.28. The second-order valence-corrected chi connectivity index (χ2v) is 5.01. The molecule has 86 valence electrons. The molecule has 2 N–H and O–H groups in total. The minimum atomic E-state index is -0.0448. The predicted molar refractivity (Wildman–Crippen MR) is 65.2 cm³/mol. The first-order valence-corrected chi connectivity index (χ1v) is 6.26. The molecule has 4 nitrogen and oxygen atoms in total. The molecule has 0 aromatic rings. The number of nitrogens with one attached hydrogen (secondary N) is 2. The molecular weight excluding hydrogens is 210 g/mol. The van der Waals surface area contributed by atoms with Crippen LogP contribution in [0, 0.1) is 5.92 Å². The van der Waals surface area contributed by atoms with Crippen LogP contribution in [0.4, 0.5) is 0 Å². The van der Waals surface area contributed by atoms with E-state index in [-0.39, 0.29) is 12.5 Å². The largest absolute Gasteiger partial charge is 0.362 e. The van der Waals surface area contributed by atoms with E-state index >= 15 is 0 Å². The number of amidine groups is 1. The summed E-state index contributed by atoms with van der Waals surface area (Å²) in [5.74, 6) is 1.65. The second kappa shape index (κ2) is 6.00. The summed E-state index contributed by atoms with van der Waals surface area (Å²) in [7, 11) is 1.63. The lowest BCUT2D eigenvalue weighted by molar-refractivity contribution is -0.119. The summed E-state index contributed by atoms with van der Waals surface area (Å²) in [6.07, 6.45) is 1.17. The molecule has 5 heteroatoms. The highest BCUT2D eigenvalue weighted by Crippen LogP contribution is 2.18. The highest BCUT2D eigenvalue weighted by Gasteiger charge is 2.19. The molecule has 0 aromatic heterocycles. The van der Waals surface area contributed by atoms with Gasteiger partial charge in [-0.1, -0.05) is 25.6 Å². The number of hydrogen-bond donors (Lipinski definition) is 2. The summed E-state index contributed by atoms with van der Waals surface area (Å²) in [5, 5.41) is 6.83. The Bertz CT molecular complexity index is 253. The molecule has 0 bridgehead atoms. The van der Waals surface area contributed by atoms with Gasteiger partial charge in [-0.15, -0.1) is 0 Å². The van der Waals surface area contributed by atoms with Gasteiger partial charge in [0.15, 0.2) is 5.17 Å². The van der Waals surface area contributed by atoms with Crippen molar-refractivity contribution in [3.8, 4) is 0 Å². The van der Waals surface area contributed by atoms with Gasteiger partial charge in [0.05, 0.1) is 0 Å². The number of thioether (sulfide) groups is 1. The molecule has 0 saturated carbocycles. The zero-order chi connectivity index (χ0) is 11.3. The zero-order valence-electron chi connectivity index (χ0n) is 9.54. The number of amides is 1. The van der Waals surface area contributed by atoms with E-state index < -0.39 is 0 Å². The summed E-state index contributed by atoms with van der Waals surface area (Å²) >= 11 is 1.70. The van der Waals surface area contributed by atoms with Crippen LogP contribution in [0.1, 0.15) is 20.3 Å². The van der Waals surface area contributed by atoms with E-state index in [9.17, 15) is 4.79 Å². The van der Waals surface area contributed by atoms with Gasteiger partial charge in [-0.25, -0.2) is 0 Å². The van der Waals surface area contributed by atoms with Crippen molar-refractivity contribution in [3.05, 3.63) is 0 Å². The minimum absolute atomic E-state index is 0.0448. The number of hydrogen-bond acceptors (Lipinski definition) is 3. The van der Waals surface area contributed by atoms with Gasteiger partial charge < -0.3 is 10.6 Å². The quantitative estimate of drug-likeness (QED) is 0.754. The summed E-state index contributed by atoms with van der Waals surface area (Å²) in [4.78, 5) is 15.3. The normalized spacial score (nSPS) is 24.0. The Morgan fingerprint density at radius 3 is 3.07 bits per heavy atom. The van der Waals surface area contributed by atoms with Crippen molar-refractivity contribution in [1.29, 1.82) is 0 Å². The smallest absolute Gasteiger partial charge is 0.241 e. The van der Waals surface area contributed by atoms with Gasteiger partial charge in [-0.3, -0.25) is 9.79 Å². The second-order valence-electron chi connectivity index (χ2n) is 3.93. The molecule has 1 heterocycles. The lowest BCUT2D eigenvalue weighted by atomic mass is 10.0. The number of rotatable bonds is 3. The zero-order valence-corrected chi connectivity index (χ0v) is 10.4. The fourth-order valence-corrected chi connectivity index (χ4v) is 2.32. The molecule has 1 fully saturated rings. The van der Waals surface area contributed by atoms with Crippen LogP contribution in [0.2, 0.25) is 0 Å². The molecule has 0 aromatic carbocycles. The molecule has 1 saturated heterocycles. The molecule has 1 rings (SSSR count). The monoisotopic (exact) mass is 229 g/mol. The molecule has 1 aliphatic heterocycles. The molecule has 1 amide bonds. The highest BCUT2D eigenvalue weighted by atomic mass is 32.2. The minimum Gasteiger partial charge on any atom is -0.362 e. The first-order valence-electron chi connectivity index (χ1n) is 5.28. The molecule has 0 radical (unpaired) electrons. The molecule has 1 atom stereocenters. The summed E-state index contributed by atoms with van der Waals surface area (Å²) < 4.78 is 0.